The third-order valence-electron chi connectivity index (χ3n) is 4.51. The van der Waals surface area contributed by atoms with Crippen molar-refractivity contribution in [1.82, 2.24) is 9.97 Å². The van der Waals surface area contributed by atoms with Crippen molar-refractivity contribution in [3.05, 3.63) is 66.4 Å². The molecule has 138 valence electrons. The molecule has 5 heteroatoms. The van der Waals surface area contributed by atoms with Crippen LogP contribution in [0, 0.1) is 0 Å². The van der Waals surface area contributed by atoms with Crippen molar-refractivity contribution in [2.24, 2.45) is 0 Å². The van der Waals surface area contributed by atoms with E-state index in [1.807, 2.05) is 44.2 Å². The maximum Gasteiger partial charge on any atom is 0.231 e. The van der Waals surface area contributed by atoms with E-state index in [2.05, 4.69) is 39.5 Å². The summed E-state index contributed by atoms with van der Waals surface area (Å²) in [5, 5.41) is 3.38. The molecule has 1 N–H and O–H groups in total. The molecule has 2 aromatic carbocycles. The van der Waals surface area contributed by atoms with E-state index in [4.69, 9.17) is 9.72 Å². The lowest BCUT2D eigenvalue weighted by Crippen LogP contribution is -2.26. The maximum atomic E-state index is 5.89. The summed E-state index contributed by atoms with van der Waals surface area (Å²) in [4.78, 5) is 11.5. The van der Waals surface area contributed by atoms with Gasteiger partial charge in [-0.25, -0.2) is 4.98 Å². The number of ether oxygens (including phenoxy) is 1. The molecule has 0 radical (unpaired) electrons. The second-order valence-electron chi connectivity index (χ2n) is 6.91. The Morgan fingerprint density at radius 2 is 1.85 bits per heavy atom. The molecule has 3 aromatic rings. The number of aromatic nitrogens is 2. The zero-order chi connectivity index (χ0) is 18.6. The van der Waals surface area contributed by atoms with Gasteiger partial charge in [0.05, 0.1) is 11.8 Å². The summed E-state index contributed by atoms with van der Waals surface area (Å²) < 4.78 is 5.89. The van der Waals surface area contributed by atoms with Crippen molar-refractivity contribution in [1.29, 1.82) is 0 Å². The summed E-state index contributed by atoms with van der Waals surface area (Å²) >= 11 is 0. The van der Waals surface area contributed by atoms with Gasteiger partial charge in [-0.1, -0.05) is 30.3 Å². The third-order valence-corrected chi connectivity index (χ3v) is 4.51. The molecule has 5 nitrogen and oxygen atoms in total. The van der Waals surface area contributed by atoms with Crippen LogP contribution in [0.2, 0.25) is 0 Å². The van der Waals surface area contributed by atoms with Crippen LogP contribution in [0.1, 0.15) is 25.8 Å². The summed E-state index contributed by atoms with van der Waals surface area (Å²) in [6.45, 7) is 4.97. The van der Waals surface area contributed by atoms with Gasteiger partial charge in [0.15, 0.2) is 0 Å². The fraction of sp³-hybridized carbons (Fsp3) is 0.273. The van der Waals surface area contributed by atoms with E-state index < -0.39 is 0 Å². The quantitative estimate of drug-likeness (QED) is 0.687. The molecule has 0 fully saturated rings. The molecule has 0 bridgehead atoms. The van der Waals surface area contributed by atoms with E-state index >= 15 is 0 Å². The second kappa shape index (κ2) is 7.66. The molecule has 1 aliphatic rings. The minimum atomic E-state index is 0.110. The van der Waals surface area contributed by atoms with Gasteiger partial charge in [-0.2, -0.15) is 4.98 Å². The Kier molecular flexibility index (Phi) is 4.92. The lowest BCUT2D eigenvalue weighted by molar-refractivity contribution is 0.244. The van der Waals surface area contributed by atoms with Gasteiger partial charge in [-0.05, 0) is 56.5 Å². The Morgan fingerprint density at radius 1 is 1.04 bits per heavy atom. The molecule has 0 aliphatic carbocycles. The van der Waals surface area contributed by atoms with Gasteiger partial charge in [-0.3, -0.25) is 0 Å². The fourth-order valence-corrected chi connectivity index (χ4v) is 3.35. The first-order valence-corrected chi connectivity index (χ1v) is 9.42. The molecular weight excluding hydrogens is 336 g/mol. The molecule has 1 aromatic heterocycles. The lowest BCUT2D eigenvalue weighted by Gasteiger charge is -2.29. The number of nitrogens with one attached hydrogen (secondary N) is 1. The van der Waals surface area contributed by atoms with E-state index in [9.17, 15) is 0 Å². The van der Waals surface area contributed by atoms with E-state index in [0.717, 1.165) is 42.6 Å². The van der Waals surface area contributed by atoms with Crippen LogP contribution in [-0.4, -0.2) is 22.6 Å². The number of benzene rings is 2. The fourth-order valence-electron chi connectivity index (χ4n) is 3.35. The Morgan fingerprint density at radius 3 is 2.74 bits per heavy atom. The van der Waals surface area contributed by atoms with Gasteiger partial charge in [0.25, 0.3) is 0 Å². The van der Waals surface area contributed by atoms with Gasteiger partial charge in [0.1, 0.15) is 11.6 Å². The minimum Gasteiger partial charge on any atom is -0.489 e. The highest BCUT2D eigenvalue weighted by atomic mass is 16.5. The van der Waals surface area contributed by atoms with Gasteiger partial charge in [-0.15, -0.1) is 0 Å². The average molecular weight is 360 g/mol. The lowest BCUT2D eigenvalue weighted by atomic mass is 10.0. The molecule has 0 saturated carbocycles. The molecular formula is C22H24N4O. The monoisotopic (exact) mass is 360 g/mol. The van der Waals surface area contributed by atoms with Crippen LogP contribution >= 0.6 is 0 Å². The zero-order valence-corrected chi connectivity index (χ0v) is 15.7. The van der Waals surface area contributed by atoms with E-state index in [1.54, 1.807) is 6.20 Å². The predicted octanol–water partition coefficient (Wildman–Crippen LogP) is 5.09. The average Bonchev–Trinajstić information content (AvgIpc) is 2.69. The molecule has 2 heterocycles. The Hall–Kier alpha value is -3.08. The number of aryl methyl sites for hydroxylation is 1. The highest BCUT2D eigenvalue weighted by Crippen LogP contribution is 2.32. The summed E-state index contributed by atoms with van der Waals surface area (Å²) in [5.41, 5.74) is 3.45. The first kappa shape index (κ1) is 17.3. The number of hydrogen-bond donors (Lipinski definition) is 1. The van der Waals surface area contributed by atoms with Crippen LogP contribution < -0.4 is 15.0 Å². The van der Waals surface area contributed by atoms with Crippen molar-refractivity contribution in [3.8, 4) is 5.75 Å². The van der Waals surface area contributed by atoms with Crippen LogP contribution in [0.5, 0.6) is 5.75 Å². The zero-order valence-electron chi connectivity index (χ0n) is 15.7. The number of hydrogen-bond acceptors (Lipinski definition) is 5. The van der Waals surface area contributed by atoms with Crippen molar-refractivity contribution in [3.63, 3.8) is 0 Å². The van der Waals surface area contributed by atoms with Crippen molar-refractivity contribution >= 4 is 23.1 Å². The molecule has 1 aliphatic heterocycles. The summed E-state index contributed by atoms with van der Waals surface area (Å²) in [5.74, 6) is 2.29. The summed E-state index contributed by atoms with van der Waals surface area (Å²) in [7, 11) is 0. The van der Waals surface area contributed by atoms with Gasteiger partial charge < -0.3 is 15.0 Å². The van der Waals surface area contributed by atoms with E-state index in [0.29, 0.717) is 0 Å². The summed E-state index contributed by atoms with van der Waals surface area (Å²) in [6, 6.07) is 18.3. The van der Waals surface area contributed by atoms with Gasteiger partial charge >= 0.3 is 0 Å². The van der Waals surface area contributed by atoms with Gasteiger partial charge in [0, 0.05) is 18.4 Å². The third kappa shape index (κ3) is 3.87. The van der Waals surface area contributed by atoms with Crippen LogP contribution in [0.4, 0.5) is 23.1 Å². The molecule has 27 heavy (non-hydrogen) atoms. The first-order valence-electron chi connectivity index (χ1n) is 9.42. The molecule has 0 spiro atoms. The van der Waals surface area contributed by atoms with Crippen LogP contribution in [0.15, 0.2) is 60.8 Å². The van der Waals surface area contributed by atoms with Crippen molar-refractivity contribution in [2.45, 2.75) is 32.8 Å². The number of para-hydroxylation sites is 3. The SMILES string of the molecule is CC(C)Oc1ccccc1Nc1ccnc(N2CCCc3ccccc32)n1. The van der Waals surface area contributed by atoms with Crippen LogP contribution in [-0.2, 0) is 6.42 Å². The smallest absolute Gasteiger partial charge is 0.231 e. The van der Waals surface area contributed by atoms with Crippen LogP contribution in [0.3, 0.4) is 0 Å². The number of fused-ring (bicyclic) bond motifs is 1. The largest absolute Gasteiger partial charge is 0.489 e. The normalized spacial score (nSPS) is 13.4. The second-order valence-corrected chi connectivity index (χ2v) is 6.91. The number of anilines is 4. The van der Waals surface area contributed by atoms with Crippen molar-refractivity contribution in [2.75, 3.05) is 16.8 Å². The maximum absolute atomic E-state index is 5.89. The molecule has 0 unspecified atom stereocenters. The number of rotatable bonds is 5. The van der Waals surface area contributed by atoms with E-state index in [1.165, 1.54) is 11.3 Å². The predicted molar refractivity (Wildman–Crippen MR) is 109 cm³/mol. The minimum absolute atomic E-state index is 0.110. The Labute approximate surface area is 160 Å². The van der Waals surface area contributed by atoms with Gasteiger partial charge in [0.2, 0.25) is 5.95 Å². The van der Waals surface area contributed by atoms with Crippen molar-refractivity contribution < 1.29 is 4.74 Å². The Balaban J connectivity index is 1.62. The van der Waals surface area contributed by atoms with E-state index in [-0.39, 0.29) is 6.10 Å². The first-order chi connectivity index (χ1) is 13.2. The number of nitrogens with zero attached hydrogens (tertiary/aromatic N) is 3. The molecule has 0 atom stereocenters. The molecule has 4 rings (SSSR count). The highest BCUT2D eigenvalue weighted by Gasteiger charge is 2.20. The summed E-state index contributed by atoms with van der Waals surface area (Å²) in [6.07, 6.45) is 4.11. The molecule has 0 amide bonds. The Bertz CT molecular complexity index is 925. The highest BCUT2D eigenvalue weighted by molar-refractivity contribution is 5.67. The topological polar surface area (TPSA) is 50.3 Å². The standard InChI is InChI=1S/C22H24N4O/c1-16(2)27-20-12-6-4-10-18(20)24-21-13-14-23-22(25-21)26-15-7-9-17-8-3-5-11-19(17)26/h3-6,8,10-14,16H,7,9,15H2,1-2H3,(H,23,24,25). The molecule has 0 saturated heterocycles. The van der Waals surface area contributed by atoms with Crippen LogP contribution in [0.25, 0.3) is 0 Å².